The number of imidazole rings is 1. The molecule has 1 aromatic heterocycles. The van der Waals surface area contributed by atoms with Crippen LogP contribution in [0.5, 0.6) is 0 Å². The van der Waals surface area contributed by atoms with Crippen LogP contribution < -0.4 is 0 Å². The normalized spacial score (nSPS) is 18.7. The highest BCUT2D eigenvalue weighted by Gasteiger charge is 2.24. The Morgan fingerprint density at radius 3 is 2.78 bits per heavy atom. The van der Waals surface area contributed by atoms with E-state index in [4.69, 9.17) is 11.6 Å². The van der Waals surface area contributed by atoms with Crippen molar-refractivity contribution in [3.8, 4) is 11.4 Å². The maximum Gasteiger partial charge on any atom is 0.151 e. The van der Waals surface area contributed by atoms with Gasteiger partial charge in [-0.15, -0.1) is 0 Å². The molecule has 1 unspecified atom stereocenters. The van der Waals surface area contributed by atoms with E-state index in [1.54, 1.807) is 12.1 Å². The Labute approximate surface area is 110 Å². The maximum absolute atomic E-state index is 13.0. The van der Waals surface area contributed by atoms with E-state index in [1.807, 2.05) is 0 Å². The van der Waals surface area contributed by atoms with Crippen LogP contribution in [0.1, 0.15) is 31.4 Å². The molecule has 4 heteroatoms. The maximum atomic E-state index is 13.0. The Hall–Kier alpha value is -1.35. The van der Waals surface area contributed by atoms with Crippen molar-refractivity contribution in [2.45, 2.75) is 32.2 Å². The molecule has 2 aromatic rings. The molecule has 3 rings (SSSR count). The molecule has 1 aliphatic heterocycles. The van der Waals surface area contributed by atoms with Crippen LogP contribution in [0, 0.1) is 5.82 Å². The quantitative estimate of drug-likeness (QED) is 0.753. The molecule has 94 valence electrons. The van der Waals surface area contributed by atoms with E-state index in [9.17, 15) is 4.39 Å². The van der Waals surface area contributed by atoms with E-state index in [0.717, 1.165) is 36.5 Å². The molecule has 0 saturated heterocycles. The van der Waals surface area contributed by atoms with E-state index in [2.05, 4.69) is 16.5 Å². The Kier molecular flexibility index (Phi) is 2.86. The molecule has 1 aromatic carbocycles. The molecule has 0 spiro atoms. The van der Waals surface area contributed by atoms with Gasteiger partial charge in [0, 0.05) is 12.1 Å². The summed E-state index contributed by atoms with van der Waals surface area (Å²) in [6, 6.07) is 6.41. The van der Waals surface area contributed by atoms with Gasteiger partial charge in [0.15, 0.2) is 5.15 Å². The number of hydrogen-bond donors (Lipinski definition) is 0. The van der Waals surface area contributed by atoms with Crippen molar-refractivity contribution in [2.24, 2.45) is 0 Å². The Balaban J connectivity index is 2.13. The highest BCUT2D eigenvalue weighted by atomic mass is 35.5. The van der Waals surface area contributed by atoms with E-state index in [1.165, 1.54) is 12.1 Å². The molecule has 0 fully saturated rings. The first-order valence-corrected chi connectivity index (χ1v) is 6.56. The first kappa shape index (κ1) is 11.7. The zero-order valence-corrected chi connectivity index (χ0v) is 10.9. The molecule has 0 aliphatic carbocycles. The SMILES string of the molecule is CC1CCCn2c(-c3ccc(F)cc3)nc(Cl)c21. The third-order valence-electron chi connectivity index (χ3n) is 3.55. The number of rotatable bonds is 1. The summed E-state index contributed by atoms with van der Waals surface area (Å²) in [5, 5.41) is 0.585. The van der Waals surface area contributed by atoms with Crippen molar-refractivity contribution in [3.63, 3.8) is 0 Å². The summed E-state index contributed by atoms with van der Waals surface area (Å²) in [5.41, 5.74) is 2.03. The molecule has 1 atom stereocenters. The zero-order chi connectivity index (χ0) is 12.7. The van der Waals surface area contributed by atoms with Crippen molar-refractivity contribution >= 4 is 11.6 Å². The molecule has 0 radical (unpaired) electrons. The minimum Gasteiger partial charge on any atom is -0.326 e. The lowest BCUT2D eigenvalue weighted by molar-refractivity contribution is 0.478. The molecular weight excluding hydrogens is 251 g/mol. The highest BCUT2D eigenvalue weighted by Crippen LogP contribution is 2.36. The predicted molar refractivity (Wildman–Crippen MR) is 70.3 cm³/mol. The molecule has 1 aliphatic rings. The number of aromatic nitrogens is 2. The van der Waals surface area contributed by atoms with Crippen LogP contribution >= 0.6 is 11.6 Å². The van der Waals surface area contributed by atoms with Crippen LogP contribution in [0.2, 0.25) is 5.15 Å². The van der Waals surface area contributed by atoms with Gasteiger partial charge in [-0.3, -0.25) is 0 Å². The van der Waals surface area contributed by atoms with Crippen molar-refractivity contribution in [1.82, 2.24) is 9.55 Å². The summed E-state index contributed by atoms with van der Waals surface area (Å²) in [6.45, 7) is 3.11. The summed E-state index contributed by atoms with van der Waals surface area (Å²) in [7, 11) is 0. The van der Waals surface area contributed by atoms with Gasteiger partial charge in [-0.05, 0) is 43.0 Å². The fourth-order valence-corrected chi connectivity index (χ4v) is 3.01. The zero-order valence-electron chi connectivity index (χ0n) is 10.2. The second-order valence-corrected chi connectivity index (χ2v) is 5.17. The van der Waals surface area contributed by atoms with Crippen LogP contribution in [0.25, 0.3) is 11.4 Å². The first-order chi connectivity index (χ1) is 8.66. The smallest absolute Gasteiger partial charge is 0.151 e. The molecule has 0 amide bonds. The van der Waals surface area contributed by atoms with Crippen molar-refractivity contribution in [3.05, 3.63) is 40.9 Å². The molecular formula is C14H14ClFN2. The van der Waals surface area contributed by atoms with Gasteiger partial charge in [0.25, 0.3) is 0 Å². The fourth-order valence-electron chi connectivity index (χ4n) is 2.64. The molecule has 2 nitrogen and oxygen atoms in total. The summed E-state index contributed by atoms with van der Waals surface area (Å²) in [4.78, 5) is 4.45. The van der Waals surface area contributed by atoms with E-state index >= 15 is 0 Å². The van der Waals surface area contributed by atoms with Crippen molar-refractivity contribution in [2.75, 3.05) is 0 Å². The molecule has 2 heterocycles. The van der Waals surface area contributed by atoms with Crippen molar-refractivity contribution < 1.29 is 4.39 Å². The average molecular weight is 265 g/mol. The van der Waals surface area contributed by atoms with Crippen LogP contribution in [0.4, 0.5) is 4.39 Å². The Morgan fingerprint density at radius 1 is 1.33 bits per heavy atom. The van der Waals surface area contributed by atoms with Crippen LogP contribution in [-0.2, 0) is 6.54 Å². The lowest BCUT2D eigenvalue weighted by Gasteiger charge is -2.22. The Bertz CT molecular complexity index is 574. The monoisotopic (exact) mass is 264 g/mol. The standard InChI is InChI=1S/C14H14ClFN2/c1-9-3-2-8-18-12(9)13(15)17-14(18)10-4-6-11(16)7-5-10/h4-7,9H,2-3,8H2,1H3. The molecule has 0 bridgehead atoms. The average Bonchev–Trinajstić information content (AvgIpc) is 2.69. The number of nitrogens with zero attached hydrogens (tertiary/aromatic N) is 2. The van der Waals surface area contributed by atoms with Gasteiger partial charge >= 0.3 is 0 Å². The number of fused-ring (bicyclic) bond motifs is 1. The van der Waals surface area contributed by atoms with Gasteiger partial charge in [0.05, 0.1) is 5.69 Å². The van der Waals surface area contributed by atoms with Crippen LogP contribution in [-0.4, -0.2) is 9.55 Å². The third-order valence-corrected chi connectivity index (χ3v) is 3.83. The summed E-state index contributed by atoms with van der Waals surface area (Å²) >= 11 is 6.23. The van der Waals surface area contributed by atoms with Gasteiger partial charge in [0.1, 0.15) is 11.6 Å². The topological polar surface area (TPSA) is 17.8 Å². The van der Waals surface area contributed by atoms with Crippen molar-refractivity contribution in [1.29, 1.82) is 0 Å². The largest absolute Gasteiger partial charge is 0.326 e. The van der Waals surface area contributed by atoms with Crippen LogP contribution in [0.15, 0.2) is 24.3 Å². The predicted octanol–water partition coefficient (Wildman–Crippen LogP) is 4.24. The fraction of sp³-hybridized carbons (Fsp3) is 0.357. The van der Waals surface area contributed by atoms with E-state index in [-0.39, 0.29) is 5.82 Å². The lowest BCUT2D eigenvalue weighted by Crippen LogP contribution is -2.14. The van der Waals surface area contributed by atoms with Gasteiger partial charge < -0.3 is 4.57 Å². The van der Waals surface area contributed by atoms with E-state index in [0.29, 0.717) is 11.1 Å². The Morgan fingerprint density at radius 2 is 2.06 bits per heavy atom. The van der Waals surface area contributed by atoms with E-state index < -0.39 is 0 Å². The van der Waals surface area contributed by atoms with Gasteiger partial charge in [0.2, 0.25) is 0 Å². The van der Waals surface area contributed by atoms with Gasteiger partial charge in [-0.25, -0.2) is 9.37 Å². The molecule has 0 saturated carbocycles. The second kappa shape index (κ2) is 4.39. The summed E-state index contributed by atoms with van der Waals surface area (Å²) in [6.07, 6.45) is 2.28. The minimum absolute atomic E-state index is 0.233. The second-order valence-electron chi connectivity index (χ2n) is 4.81. The third kappa shape index (κ3) is 1.83. The van der Waals surface area contributed by atoms with Gasteiger partial charge in [-0.1, -0.05) is 18.5 Å². The summed E-state index contributed by atoms with van der Waals surface area (Å²) in [5.74, 6) is 1.05. The molecule has 18 heavy (non-hydrogen) atoms. The number of halogens is 2. The lowest BCUT2D eigenvalue weighted by atomic mass is 9.98. The minimum atomic E-state index is -0.233. The number of hydrogen-bond acceptors (Lipinski definition) is 1. The van der Waals surface area contributed by atoms with Crippen LogP contribution in [0.3, 0.4) is 0 Å². The summed E-state index contributed by atoms with van der Waals surface area (Å²) < 4.78 is 15.1. The van der Waals surface area contributed by atoms with Gasteiger partial charge in [-0.2, -0.15) is 0 Å². The first-order valence-electron chi connectivity index (χ1n) is 6.18. The molecule has 0 N–H and O–H groups in total. The number of benzene rings is 1. The highest BCUT2D eigenvalue weighted by molar-refractivity contribution is 6.30.